The summed E-state index contributed by atoms with van der Waals surface area (Å²) in [5.41, 5.74) is 4.99. The van der Waals surface area contributed by atoms with E-state index in [1.165, 1.54) is 5.56 Å². The molecular weight excluding hydrogens is 390 g/mol. The number of hydrogen-bond acceptors (Lipinski definition) is 7. The normalized spacial score (nSPS) is 10.6. The number of hydrogen-bond donors (Lipinski definition) is 3. The first-order valence-corrected chi connectivity index (χ1v) is 9.99. The van der Waals surface area contributed by atoms with E-state index in [2.05, 4.69) is 35.9 Å². The predicted molar refractivity (Wildman–Crippen MR) is 122 cm³/mol. The molecule has 0 atom stereocenters. The van der Waals surface area contributed by atoms with E-state index in [0.29, 0.717) is 35.9 Å². The van der Waals surface area contributed by atoms with Crippen LogP contribution in [0.4, 0.5) is 17.5 Å². The van der Waals surface area contributed by atoms with Crippen LogP contribution in [-0.4, -0.2) is 38.9 Å². The first-order valence-electron chi connectivity index (χ1n) is 9.99. The number of rotatable bonds is 7. The summed E-state index contributed by atoms with van der Waals surface area (Å²) in [6.45, 7) is 4.88. The second-order valence-corrected chi connectivity index (χ2v) is 7.15. The fourth-order valence-corrected chi connectivity index (χ4v) is 3.05. The van der Waals surface area contributed by atoms with E-state index in [1.54, 1.807) is 30.6 Å². The Labute approximate surface area is 180 Å². The van der Waals surface area contributed by atoms with Crippen LogP contribution in [0.5, 0.6) is 0 Å². The van der Waals surface area contributed by atoms with Crippen molar-refractivity contribution in [3.63, 3.8) is 0 Å². The fourth-order valence-electron chi connectivity index (χ4n) is 3.05. The van der Waals surface area contributed by atoms with Gasteiger partial charge in [0.25, 0.3) is 5.91 Å². The van der Waals surface area contributed by atoms with Gasteiger partial charge in [0.2, 0.25) is 5.95 Å². The van der Waals surface area contributed by atoms with Crippen LogP contribution in [0.3, 0.4) is 0 Å². The molecule has 8 heteroatoms. The number of amides is 1. The summed E-state index contributed by atoms with van der Waals surface area (Å²) in [6, 6.07) is 15.3. The van der Waals surface area contributed by atoms with Gasteiger partial charge in [-0.25, -0.2) is 4.98 Å². The second kappa shape index (κ2) is 9.17. The van der Waals surface area contributed by atoms with Gasteiger partial charge in [-0.05, 0) is 44.2 Å². The average Bonchev–Trinajstić information content (AvgIpc) is 2.77. The van der Waals surface area contributed by atoms with E-state index in [-0.39, 0.29) is 5.91 Å². The summed E-state index contributed by atoms with van der Waals surface area (Å²) in [5.74, 6) is 1.05. The monoisotopic (exact) mass is 413 g/mol. The zero-order chi connectivity index (χ0) is 21.6. The van der Waals surface area contributed by atoms with Crippen molar-refractivity contribution in [1.82, 2.24) is 25.3 Å². The Bertz CT molecular complexity index is 1210. The van der Waals surface area contributed by atoms with Gasteiger partial charge >= 0.3 is 0 Å². The Balaban J connectivity index is 1.32. The van der Waals surface area contributed by atoms with Crippen molar-refractivity contribution in [2.45, 2.75) is 13.8 Å². The molecule has 0 radical (unpaired) electrons. The lowest BCUT2D eigenvalue weighted by Gasteiger charge is -2.11. The summed E-state index contributed by atoms with van der Waals surface area (Å²) in [7, 11) is 0. The van der Waals surface area contributed by atoms with Gasteiger partial charge in [0, 0.05) is 48.5 Å². The molecule has 0 unspecified atom stereocenters. The highest BCUT2D eigenvalue weighted by Crippen LogP contribution is 2.17. The molecule has 2 aromatic carbocycles. The van der Waals surface area contributed by atoms with Gasteiger partial charge in [0.15, 0.2) is 0 Å². The van der Waals surface area contributed by atoms with E-state index in [4.69, 9.17) is 0 Å². The Morgan fingerprint density at radius 1 is 0.871 bits per heavy atom. The molecule has 1 amide bonds. The Kier molecular flexibility index (Phi) is 5.98. The van der Waals surface area contributed by atoms with Gasteiger partial charge in [-0.3, -0.25) is 14.8 Å². The Morgan fingerprint density at radius 2 is 1.65 bits per heavy atom. The summed E-state index contributed by atoms with van der Waals surface area (Å²) < 4.78 is 0. The summed E-state index contributed by atoms with van der Waals surface area (Å²) >= 11 is 0. The molecule has 0 saturated heterocycles. The summed E-state index contributed by atoms with van der Waals surface area (Å²) in [5, 5.41) is 9.33. The minimum Gasteiger partial charge on any atom is -0.352 e. The zero-order valence-electron chi connectivity index (χ0n) is 17.4. The van der Waals surface area contributed by atoms with E-state index in [0.717, 1.165) is 16.9 Å². The zero-order valence-corrected chi connectivity index (χ0v) is 17.4. The number of benzene rings is 2. The van der Waals surface area contributed by atoms with Crippen molar-refractivity contribution < 1.29 is 4.79 Å². The Morgan fingerprint density at radius 3 is 2.45 bits per heavy atom. The smallest absolute Gasteiger partial charge is 0.251 e. The van der Waals surface area contributed by atoms with Crippen molar-refractivity contribution in [3.05, 3.63) is 77.7 Å². The number of aromatic nitrogens is 4. The van der Waals surface area contributed by atoms with Crippen molar-refractivity contribution in [1.29, 1.82) is 0 Å². The average molecular weight is 413 g/mol. The topological polar surface area (TPSA) is 105 Å². The molecule has 8 nitrogen and oxygen atoms in total. The third-order valence-electron chi connectivity index (χ3n) is 4.60. The maximum Gasteiger partial charge on any atom is 0.251 e. The van der Waals surface area contributed by atoms with Crippen molar-refractivity contribution in [2.75, 3.05) is 23.7 Å². The second-order valence-electron chi connectivity index (χ2n) is 7.15. The molecule has 2 aromatic heterocycles. The van der Waals surface area contributed by atoms with Crippen LogP contribution in [0.2, 0.25) is 0 Å². The van der Waals surface area contributed by atoms with Crippen LogP contribution < -0.4 is 16.0 Å². The molecule has 156 valence electrons. The number of fused-ring (bicyclic) bond motifs is 1. The number of anilines is 3. The first kappa shape index (κ1) is 20.2. The highest BCUT2D eigenvalue weighted by Gasteiger charge is 2.07. The molecule has 4 aromatic rings. The molecule has 31 heavy (non-hydrogen) atoms. The van der Waals surface area contributed by atoms with Crippen LogP contribution in [0, 0.1) is 13.8 Å². The summed E-state index contributed by atoms with van der Waals surface area (Å²) in [4.78, 5) is 29.8. The quantitative estimate of drug-likeness (QED) is 0.397. The molecule has 0 aliphatic carbocycles. The van der Waals surface area contributed by atoms with Gasteiger partial charge in [-0.15, -0.1) is 0 Å². The van der Waals surface area contributed by atoms with Gasteiger partial charge in [-0.2, -0.15) is 4.98 Å². The highest BCUT2D eigenvalue weighted by molar-refractivity contribution is 5.97. The van der Waals surface area contributed by atoms with Crippen LogP contribution in [0.25, 0.3) is 11.0 Å². The molecule has 0 fully saturated rings. The van der Waals surface area contributed by atoms with Gasteiger partial charge < -0.3 is 16.0 Å². The van der Waals surface area contributed by atoms with Gasteiger partial charge in [0.05, 0.1) is 11.0 Å². The lowest BCUT2D eigenvalue weighted by molar-refractivity contribution is 0.0955. The first-order chi connectivity index (χ1) is 15.1. The van der Waals surface area contributed by atoms with E-state index in [1.807, 2.05) is 44.2 Å². The number of nitrogens with one attached hydrogen (secondary N) is 3. The van der Waals surface area contributed by atoms with Crippen LogP contribution in [0.15, 0.2) is 60.9 Å². The van der Waals surface area contributed by atoms with E-state index < -0.39 is 0 Å². The molecule has 0 aliphatic rings. The third kappa shape index (κ3) is 5.30. The SMILES string of the molecule is Cc1ccc(Nc2cc(C)nc(NCCNC(=O)c3ccc4nccnc4c3)n2)cc1. The molecule has 0 saturated carbocycles. The predicted octanol–water partition coefficient (Wildman–Crippen LogP) is 3.62. The van der Waals surface area contributed by atoms with Gasteiger partial charge in [0.1, 0.15) is 5.82 Å². The largest absolute Gasteiger partial charge is 0.352 e. The molecule has 2 heterocycles. The van der Waals surface area contributed by atoms with E-state index >= 15 is 0 Å². The minimum absolute atomic E-state index is 0.166. The number of aryl methyl sites for hydroxylation is 2. The standard InChI is InChI=1S/C23H23N7O/c1-15-3-6-18(7-4-15)29-21-13-16(2)28-23(30-21)27-12-11-26-22(31)17-5-8-19-20(14-17)25-10-9-24-19/h3-10,13-14H,11-12H2,1-2H3,(H,26,31)(H2,27,28,29,30). The molecule has 0 aliphatic heterocycles. The lowest BCUT2D eigenvalue weighted by Crippen LogP contribution is -2.29. The maximum atomic E-state index is 12.4. The maximum absolute atomic E-state index is 12.4. The van der Waals surface area contributed by atoms with Gasteiger partial charge in [-0.1, -0.05) is 17.7 Å². The van der Waals surface area contributed by atoms with Crippen LogP contribution >= 0.6 is 0 Å². The number of carbonyl (C=O) groups excluding carboxylic acids is 1. The lowest BCUT2D eigenvalue weighted by atomic mass is 10.2. The highest BCUT2D eigenvalue weighted by atomic mass is 16.1. The van der Waals surface area contributed by atoms with Crippen molar-refractivity contribution in [2.24, 2.45) is 0 Å². The van der Waals surface area contributed by atoms with E-state index in [9.17, 15) is 4.79 Å². The third-order valence-corrected chi connectivity index (χ3v) is 4.60. The minimum atomic E-state index is -0.166. The fraction of sp³-hybridized carbons (Fsp3) is 0.174. The number of nitrogens with zero attached hydrogens (tertiary/aromatic N) is 4. The molecule has 0 bridgehead atoms. The molecular formula is C23H23N7O. The number of carbonyl (C=O) groups is 1. The molecule has 4 rings (SSSR count). The Hall–Kier alpha value is -4.07. The van der Waals surface area contributed by atoms with Crippen LogP contribution in [0.1, 0.15) is 21.6 Å². The molecule has 0 spiro atoms. The van der Waals surface area contributed by atoms with Crippen LogP contribution in [-0.2, 0) is 0 Å². The van der Waals surface area contributed by atoms with Crippen molar-refractivity contribution in [3.8, 4) is 0 Å². The van der Waals surface area contributed by atoms with Crippen molar-refractivity contribution >= 4 is 34.4 Å². The summed E-state index contributed by atoms with van der Waals surface area (Å²) in [6.07, 6.45) is 3.24. The molecule has 3 N–H and O–H groups in total.